The van der Waals surface area contributed by atoms with Gasteiger partial charge < -0.3 is 14.6 Å². The van der Waals surface area contributed by atoms with E-state index in [0.29, 0.717) is 44.0 Å². The topological polar surface area (TPSA) is 48.7 Å². The summed E-state index contributed by atoms with van der Waals surface area (Å²) in [6, 6.07) is 16.3. The molecule has 7 heteroatoms. The van der Waals surface area contributed by atoms with Gasteiger partial charge in [0, 0.05) is 43.3 Å². The first-order valence-corrected chi connectivity index (χ1v) is 12.5. The minimum absolute atomic E-state index is 0.0256. The number of pyridine rings is 1. The fraction of sp³-hybridized carbons (Fsp3) is 0.346. The number of anilines is 1. The Labute approximate surface area is 198 Å². The Bertz CT molecular complexity index is 1170. The van der Waals surface area contributed by atoms with Crippen LogP contribution in [0.4, 0.5) is 10.1 Å². The Morgan fingerprint density at radius 2 is 1.73 bits per heavy atom. The minimum Gasteiger partial charge on any atom is -0.507 e. The van der Waals surface area contributed by atoms with Crippen molar-refractivity contribution in [3.63, 3.8) is 0 Å². The Kier molecular flexibility index (Phi) is 7.10. The van der Waals surface area contributed by atoms with Crippen molar-refractivity contribution in [2.24, 2.45) is 0 Å². The van der Waals surface area contributed by atoms with Gasteiger partial charge in [0.15, 0.2) is 0 Å². The molecule has 1 aromatic heterocycles. The van der Waals surface area contributed by atoms with E-state index >= 15 is 0 Å². The zero-order chi connectivity index (χ0) is 23.5. The second-order valence-corrected chi connectivity index (χ2v) is 9.16. The summed E-state index contributed by atoms with van der Waals surface area (Å²) in [6.45, 7) is 6.86. The molecule has 1 fully saturated rings. The molecule has 2 heterocycles. The van der Waals surface area contributed by atoms with Crippen LogP contribution in [-0.4, -0.2) is 47.0 Å². The van der Waals surface area contributed by atoms with E-state index in [1.807, 2.05) is 55.3 Å². The van der Waals surface area contributed by atoms with Gasteiger partial charge in [-0.2, -0.15) is 0 Å². The van der Waals surface area contributed by atoms with Crippen molar-refractivity contribution in [2.75, 3.05) is 37.3 Å². The predicted octanol–water partition coefficient (Wildman–Crippen LogP) is 4.65. The zero-order valence-corrected chi connectivity index (χ0v) is 20.1. The first-order valence-electron chi connectivity index (χ1n) is 11.2. The number of halogens is 1. The number of hydrogen-bond donors (Lipinski definition) is 1. The quantitative estimate of drug-likeness (QED) is 0.535. The highest BCUT2D eigenvalue weighted by Crippen LogP contribution is 2.34. The first-order chi connectivity index (χ1) is 15.9. The molecular formula is C26H30FN3O2S. The fourth-order valence-electron chi connectivity index (χ4n) is 4.69. The maximum atomic E-state index is 14.3. The highest BCUT2D eigenvalue weighted by molar-refractivity contribution is 7.98. The van der Waals surface area contributed by atoms with E-state index in [-0.39, 0.29) is 23.2 Å². The van der Waals surface area contributed by atoms with Gasteiger partial charge in [-0.25, -0.2) is 4.39 Å². The molecule has 0 saturated carbocycles. The summed E-state index contributed by atoms with van der Waals surface area (Å²) in [5.74, 6) is -0.199. The number of rotatable bonds is 6. The summed E-state index contributed by atoms with van der Waals surface area (Å²) in [4.78, 5) is 18.9. The molecule has 0 bridgehead atoms. The van der Waals surface area contributed by atoms with Crippen molar-refractivity contribution in [1.82, 2.24) is 9.47 Å². The summed E-state index contributed by atoms with van der Waals surface area (Å²) in [6.07, 6.45) is 2.03. The average Bonchev–Trinajstić information content (AvgIpc) is 2.82. The second kappa shape index (κ2) is 10.0. The molecule has 1 saturated heterocycles. The summed E-state index contributed by atoms with van der Waals surface area (Å²) >= 11 is 1.66. The number of hydrogen-bond acceptors (Lipinski definition) is 5. The molecule has 5 nitrogen and oxygen atoms in total. The predicted molar refractivity (Wildman–Crippen MR) is 133 cm³/mol. The van der Waals surface area contributed by atoms with Gasteiger partial charge in [0.2, 0.25) is 0 Å². The van der Waals surface area contributed by atoms with E-state index in [1.165, 1.54) is 6.07 Å². The summed E-state index contributed by atoms with van der Waals surface area (Å²) in [5.41, 5.74) is 2.55. The van der Waals surface area contributed by atoms with Crippen LogP contribution in [-0.2, 0) is 6.54 Å². The van der Waals surface area contributed by atoms with Crippen LogP contribution in [0, 0.1) is 12.7 Å². The lowest BCUT2D eigenvalue weighted by atomic mass is 9.96. The fourth-order valence-corrected chi connectivity index (χ4v) is 5.10. The molecule has 3 aromatic rings. The molecule has 0 aliphatic carbocycles. The molecule has 1 atom stereocenters. The normalized spacial score (nSPS) is 15.6. The van der Waals surface area contributed by atoms with Gasteiger partial charge in [-0.15, -0.1) is 11.8 Å². The maximum absolute atomic E-state index is 14.3. The molecule has 0 spiro atoms. The van der Waals surface area contributed by atoms with Gasteiger partial charge in [0.05, 0.1) is 17.3 Å². The third kappa shape index (κ3) is 4.66. The summed E-state index contributed by atoms with van der Waals surface area (Å²) in [7, 11) is 0. The van der Waals surface area contributed by atoms with Gasteiger partial charge in [0.25, 0.3) is 5.56 Å². The van der Waals surface area contributed by atoms with Crippen molar-refractivity contribution >= 4 is 17.4 Å². The van der Waals surface area contributed by atoms with E-state index in [0.717, 1.165) is 16.2 Å². The van der Waals surface area contributed by atoms with Gasteiger partial charge in [-0.3, -0.25) is 9.69 Å². The Morgan fingerprint density at radius 1 is 1.06 bits per heavy atom. The molecule has 1 aliphatic heterocycles. The standard InChI is InChI=1S/C26H30FN3O2S/c1-4-30-18(2)17-23(31)24(26(30)32)25(19-9-11-20(33-3)12-10-19)29-15-13-28(14-16-29)22-8-6-5-7-21(22)27/h5-12,17,25,31H,4,13-16H2,1-3H3/t25-/m0/s1. The van der Waals surface area contributed by atoms with Crippen LogP contribution in [0.3, 0.4) is 0 Å². The van der Waals surface area contributed by atoms with Crippen LogP contribution < -0.4 is 10.5 Å². The number of piperazine rings is 1. The molecule has 0 unspecified atom stereocenters. The smallest absolute Gasteiger partial charge is 0.259 e. The lowest BCUT2D eigenvalue weighted by Gasteiger charge is -2.40. The van der Waals surface area contributed by atoms with Crippen LogP contribution in [0.5, 0.6) is 5.75 Å². The molecule has 174 valence electrons. The molecule has 0 amide bonds. The van der Waals surface area contributed by atoms with Crippen LogP contribution in [0.15, 0.2) is 64.3 Å². The average molecular weight is 468 g/mol. The minimum atomic E-state index is -0.380. The van der Waals surface area contributed by atoms with E-state index in [9.17, 15) is 14.3 Å². The highest BCUT2D eigenvalue weighted by atomic mass is 32.2. The third-order valence-corrected chi connectivity index (χ3v) is 7.16. The molecular weight excluding hydrogens is 437 g/mol. The number of para-hydroxylation sites is 1. The number of aromatic hydroxyl groups is 1. The van der Waals surface area contributed by atoms with E-state index in [2.05, 4.69) is 4.90 Å². The Hall–Kier alpha value is -2.77. The van der Waals surface area contributed by atoms with Crippen LogP contribution in [0.1, 0.15) is 29.8 Å². The largest absolute Gasteiger partial charge is 0.507 e. The number of benzene rings is 2. The number of aryl methyl sites for hydroxylation is 1. The maximum Gasteiger partial charge on any atom is 0.259 e. The third-order valence-electron chi connectivity index (χ3n) is 6.42. The highest BCUT2D eigenvalue weighted by Gasteiger charge is 2.31. The SMILES string of the molecule is CCn1c(C)cc(O)c([C@H](c2ccc(SC)cc2)N2CCN(c3ccccc3F)CC2)c1=O. The van der Waals surface area contributed by atoms with Crippen molar-refractivity contribution in [3.8, 4) is 5.75 Å². The molecule has 1 aliphatic rings. The van der Waals surface area contributed by atoms with Crippen LogP contribution in [0.2, 0.25) is 0 Å². The number of nitrogens with zero attached hydrogens (tertiary/aromatic N) is 3. The van der Waals surface area contributed by atoms with Crippen LogP contribution >= 0.6 is 11.8 Å². The Balaban J connectivity index is 1.72. The van der Waals surface area contributed by atoms with E-state index in [4.69, 9.17) is 0 Å². The van der Waals surface area contributed by atoms with Crippen molar-refractivity contribution in [1.29, 1.82) is 0 Å². The van der Waals surface area contributed by atoms with E-state index in [1.54, 1.807) is 34.5 Å². The lowest BCUT2D eigenvalue weighted by Crippen LogP contribution is -2.49. The summed E-state index contributed by atoms with van der Waals surface area (Å²) < 4.78 is 16.0. The second-order valence-electron chi connectivity index (χ2n) is 8.28. The lowest BCUT2D eigenvalue weighted by molar-refractivity contribution is 0.207. The van der Waals surface area contributed by atoms with Gasteiger partial charge in [-0.05, 0) is 56.0 Å². The van der Waals surface area contributed by atoms with Crippen molar-refractivity contribution < 1.29 is 9.50 Å². The molecule has 33 heavy (non-hydrogen) atoms. The summed E-state index contributed by atoms with van der Waals surface area (Å²) in [5, 5.41) is 10.9. The van der Waals surface area contributed by atoms with Gasteiger partial charge in [0.1, 0.15) is 11.6 Å². The zero-order valence-electron chi connectivity index (χ0n) is 19.3. The molecule has 0 radical (unpaired) electrons. The monoisotopic (exact) mass is 467 g/mol. The molecule has 4 rings (SSSR count). The number of aromatic nitrogens is 1. The van der Waals surface area contributed by atoms with Gasteiger partial charge in [-0.1, -0.05) is 24.3 Å². The number of thioether (sulfide) groups is 1. The van der Waals surface area contributed by atoms with Crippen molar-refractivity contribution in [3.05, 3.63) is 87.6 Å². The Morgan fingerprint density at radius 3 is 2.33 bits per heavy atom. The molecule has 2 aromatic carbocycles. The van der Waals surface area contributed by atoms with E-state index < -0.39 is 0 Å². The van der Waals surface area contributed by atoms with Crippen molar-refractivity contribution in [2.45, 2.75) is 31.3 Å². The van der Waals surface area contributed by atoms with Gasteiger partial charge >= 0.3 is 0 Å². The molecule has 1 N–H and O–H groups in total. The van der Waals surface area contributed by atoms with Crippen LogP contribution in [0.25, 0.3) is 0 Å². The first kappa shape index (κ1) is 23.4.